The van der Waals surface area contributed by atoms with Gasteiger partial charge in [-0.2, -0.15) is 0 Å². The van der Waals surface area contributed by atoms with Gasteiger partial charge in [-0.05, 0) is 42.8 Å². The molecule has 0 atom stereocenters. The maximum atomic E-state index is 14.5. The highest BCUT2D eigenvalue weighted by Gasteiger charge is 2.27. The molecule has 0 aliphatic rings. The molecular weight excluding hydrogens is 317 g/mol. The first-order chi connectivity index (χ1) is 11.0. The molecule has 4 heteroatoms. The lowest BCUT2D eigenvalue weighted by Crippen LogP contribution is -1.81. The van der Waals surface area contributed by atoms with E-state index in [-0.39, 0.29) is 17.5 Å². The van der Waals surface area contributed by atoms with Crippen molar-refractivity contribution in [2.75, 3.05) is 0 Å². The van der Waals surface area contributed by atoms with Crippen LogP contribution in [0.2, 0.25) is 0 Å². The summed E-state index contributed by atoms with van der Waals surface area (Å²) in [4.78, 5) is 0.550. The molecule has 0 saturated heterocycles. The SMILES string of the molecule is Cc1ccc(-[s+]2c3ccc(F)cc3c3cc(F)ccc32)c(F)c1. The normalized spacial score (nSPS) is 11.5. The van der Waals surface area contributed by atoms with Crippen molar-refractivity contribution in [2.45, 2.75) is 6.92 Å². The van der Waals surface area contributed by atoms with Gasteiger partial charge in [0.05, 0.1) is 10.8 Å². The number of aryl methyl sites for hydroxylation is 1. The Morgan fingerprint density at radius 3 is 1.78 bits per heavy atom. The molecule has 0 aliphatic carbocycles. The molecule has 3 aromatic carbocycles. The summed E-state index contributed by atoms with van der Waals surface area (Å²) in [5, 5.41) is 1.28. The molecule has 1 heterocycles. The highest BCUT2D eigenvalue weighted by atomic mass is 32.2. The molecule has 0 aliphatic heterocycles. The second-order valence-electron chi connectivity index (χ2n) is 5.52. The minimum atomic E-state index is -0.685. The zero-order valence-corrected chi connectivity index (χ0v) is 13.1. The molecule has 0 unspecified atom stereocenters. The third kappa shape index (κ3) is 2.21. The van der Waals surface area contributed by atoms with Crippen LogP contribution in [-0.2, 0) is 0 Å². The lowest BCUT2D eigenvalue weighted by molar-refractivity contribution is 0.628. The summed E-state index contributed by atoms with van der Waals surface area (Å²) in [6.45, 7) is 1.83. The van der Waals surface area contributed by atoms with E-state index in [4.69, 9.17) is 0 Å². The van der Waals surface area contributed by atoms with E-state index in [2.05, 4.69) is 0 Å². The van der Waals surface area contributed by atoms with Crippen molar-refractivity contribution < 1.29 is 13.2 Å². The highest BCUT2D eigenvalue weighted by molar-refractivity contribution is 7.50. The number of thiophene rings is 1. The van der Waals surface area contributed by atoms with Crippen LogP contribution in [0.3, 0.4) is 0 Å². The van der Waals surface area contributed by atoms with Crippen molar-refractivity contribution in [1.29, 1.82) is 0 Å². The van der Waals surface area contributed by atoms with Crippen LogP contribution < -0.4 is 0 Å². The van der Waals surface area contributed by atoms with Crippen molar-refractivity contribution in [3.63, 3.8) is 0 Å². The van der Waals surface area contributed by atoms with E-state index in [0.717, 1.165) is 15.0 Å². The number of hydrogen-bond donors (Lipinski definition) is 0. The Labute approximate surface area is 133 Å². The second-order valence-corrected chi connectivity index (χ2v) is 7.45. The van der Waals surface area contributed by atoms with Gasteiger partial charge in [-0.1, -0.05) is 6.07 Å². The third-order valence-corrected chi connectivity index (χ3v) is 6.28. The van der Waals surface area contributed by atoms with Gasteiger partial charge in [0.15, 0.2) is 15.2 Å². The van der Waals surface area contributed by atoms with Crippen molar-refractivity contribution >= 4 is 30.6 Å². The number of benzene rings is 3. The van der Waals surface area contributed by atoms with Gasteiger partial charge in [-0.3, -0.25) is 0 Å². The van der Waals surface area contributed by atoms with Crippen LogP contribution in [0.15, 0.2) is 54.6 Å². The second kappa shape index (κ2) is 5.10. The minimum Gasteiger partial charge on any atom is -0.207 e. The fourth-order valence-corrected chi connectivity index (χ4v) is 5.26. The first kappa shape index (κ1) is 14.3. The van der Waals surface area contributed by atoms with Gasteiger partial charge in [0, 0.05) is 28.7 Å². The smallest absolute Gasteiger partial charge is 0.207 e. The van der Waals surface area contributed by atoms with E-state index < -0.39 is 10.5 Å². The quantitative estimate of drug-likeness (QED) is 0.352. The molecule has 0 radical (unpaired) electrons. The summed E-state index contributed by atoms with van der Waals surface area (Å²) < 4.78 is 43.5. The Morgan fingerprint density at radius 2 is 1.26 bits per heavy atom. The van der Waals surface area contributed by atoms with Crippen LogP contribution in [0.5, 0.6) is 0 Å². The van der Waals surface area contributed by atoms with Gasteiger partial charge in [0.1, 0.15) is 11.6 Å². The zero-order valence-electron chi connectivity index (χ0n) is 12.2. The summed E-state index contributed by atoms with van der Waals surface area (Å²) >= 11 is 0. The van der Waals surface area contributed by atoms with Gasteiger partial charge >= 0.3 is 0 Å². The van der Waals surface area contributed by atoms with Crippen molar-refractivity contribution in [3.8, 4) is 4.90 Å². The number of hydrogen-bond acceptors (Lipinski definition) is 0. The maximum Gasteiger partial charge on any atom is 0.215 e. The van der Waals surface area contributed by atoms with Crippen LogP contribution in [0.4, 0.5) is 13.2 Å². The first-order valence-corrected chi connectivity index (χ1v) is 8.37. The Bertz CT molecular complexity index is 1000. The first-order valence-electron chi connectivity index (χ1n) is 7.14. The van der Waals surface area contributed by atoms with Gasteiger partial charge in [-0.25, -0.2) is 13.2 Å². The van der Waals surface area contributed by atoms with Crippen LogP contribution in [0, 0.1) is 24.4 Å². The molecule has 0 spiro atoms. The Kier molecular flexibility index (Phi) is 3.16. The largest absolute Gasteiger partial charge is 0.215 e. The number of rotatable bonds is 1. The molecule has 4 aromatic rings. The van der Waals surface area contributed by atoms with Crippen LogP contribution in [0.25, 0.3) is 25.1 Å². The summed E-state index contributed by atoms with van der Waals surface area (Å²) in [6, 6.07) is 14.0. The Morgan fingerprint density at radius 1 is 0.696 bits per heavy atom. The van der Waals surface area contributed by atoms with Gasteiger partial charge in [0.25, 0.3) is 0 Å². The molecule has 23 heavy (non-hydrogen) atoms. The predicted molar refractivity (Wildman–Crippen MR) is 89.9 cm³/mol. The van der Waals surface area contributed by atoms with E-state index in [0.29, 0.717) is 15.7 Å². The molecule has 0 nitrogen and oxygen atoms in total. The predicted octanol–water partition coefficient (Wildman–Crippen LogP) is 6.46. The van der Waals surface area contributed by atoms with Crippen LogP contribution in [0.1, 0.15) is 5.56 Å². The minimum absolute atomic E-state index is 0.291. The Balaban J connectivity index is 2.20. The monoisotopic (exact) mass is 329 g/mol. The summed E-state index contributed by atoms with van der Waals surface area (Å²) in [5.41, 5.74) is 0.840. The molecule has 0 N–H and O–H groups in total. The molecule has 0 amide bonds. The maximum absolute atomic E-state index is 14.5. The van der Waals surface area contributed by atoms with Crippen molar-refractivity contribution in [2.24, 2.45) is 0 Å². The molecule has 0 fully saturated rings. The zero-order chi connectivity index (χ0) is 16.1. The molecular formula is C19H12F3S+. The highest BCUT2D eigenvalue weighted by Crippen LogP contribution is 2.49. The topological polar surface area (TPSA) is 0 Å². The van der Waals surface area contributed by atoms with Gasteiger partial charge in [0.2, 0.25) is 4.90 Å². The van der Waals surface area contributed by atoms with Gasteiger partial charge in [-0.15, -0.1) is 0 Å². The van der Waals surface area contributed by atoms with E-state index in [1.165, 1.54) is 30.3 Å². The molecule has 0 saturated carbocycles. The molecule has 114 valence electrons. The number of fused-ring (bicyclic) bond motifs is 3. The molecule has 0 bridgehead atoms. The number of halogens is 3. The third-order valence-electron chi connectivity index (χ3n) is 3.92. The summed E-state index contributed by atoms with van der Waals surface area (Å²) in [5.74, 6) is -1.05. The average Bonchev–Trinajstić information content (AvgIpc) is 2.81. The fourth-order valence-electron chi connectivity index (χ4n) is 2.91. The lowest BCUT2D eigenvalue weighted by atomic mass is 10.1. The van der Waals surface area contributed by atoms with E-state index >= 15 is 0 Å². The Hall–Kier alpha value is -2.33. The van der Waals surface area contributed by atoms with E-state index in [1.807, 2.05) is 13.0 Å². The molecule has 4 rings (SSSR count). The van der Waals surface area contributed by atoms with E-state index in [1.54, 1.807) is 18.2 Å². The molecule has 1 aromatic heterocycles. The summed E-state index contributed by atoms with van der Waals surface area (Å²) in [7, 11) is -0.685. The lowest BCUT2D eigenvalue weighted by Gasteiger charge is -1.97. The fraction of sp³-hybridized carbons (Fsp3) is 0.0526. The van der Waals surface area contributed by atoms with Crippen molar-refractivity contribution in [1.82, 2.24) is 0 Å². The van der Waals surface area contributed by atoms with Gasteiger partial charge < -0.3 is 0 Å². The summed E-state index contributed by atoms with van der Waals surface area (Å²) in [6.07, 6.45) is 0. The van der Waals surface area contributed by atoms with E-state index in [9.17, 15) is 13.2 Å². The standard InChI is InChI=1S/C19H12F3S/c1-11-2-5-19(16(22)8-11)23-17-6-3-12(20)9-14(17)15-10-13(21)4-7-18(15)23/h2-10H,1H3/q+1. The van der Waals surface area contributed by atoms with Crippen molar-refractivity contribution in [3.05, 3.63) is 77.6 Å². The van der Waals surface area contributed by atoms with Crippen LogP contribution >= 0.6 is 10.5 Å². The average molecular weight is 329 g/mol. The van der Waals surface area contributed by atoms with Crippen LogP contribution in [-0.4, -0.2) is 0 Å².